The topological polar surface area (TPSA) is 36.3 Å². The number of likely N-dealkylation sites (N-methyl/N-ethyl adjacent to an activating group) is 1. The fourth-order valence-corrected chi connectivity index (χ4v) is 1.36. The van der Waals surface area contributed by atoms with Gasteiger partial charge >= 0.3 is 0 Å². The van der Waals surface area contributed by atoms with E-state index >= 15 is 0 Å². The van der Waals surface area contributed by atoms with Gasteiger partial charge in [0.25, 0.3) is 0 Å². The molecule has 0 aliphatic carbocycles. The lowest BCUT2D eigenvalue weighted by molar-refractivity contribution is 0.0978. The second kappa shape index (κ2) is 6.88. The van der Waals surface area contributed by atoms with Gasteiger partial charge in [0.05, 0.1) is 18.6 Å². The van der Waals surface area contributed by atoms with E-state index in [-0.39, 0.29) is 5.92 Å². The summed E-state index contributed by atoms with van der Waals surface area (Å²) >= 11 is 0. The van der Waals surface area contributed by atoms with Gasteiger partial charge in [-0.2, -0.15) is 5.26 Å². The zero-order chi connectivity index (χ0) is 10.3. The van der Waals surface area contributed by atoms with Crippen molar-refractivity contribution in [2.75, 3.05) is 26.8 Å². The molecule has 76 valence electrons. The number of rotatable bonds is 6. The Labute approximate surface area is 81.3 Å². The molecule has 13 heavy (non-hydrogen) atoms. The van der Waals surface area contributed by atoms with Crippen molar-refractivity contribution >= 4 is 0 Å². The van der Waals surface area contributed by atoms with Crippen LogP contribution in [0.3, 0.4) is 0 Å². The van der Waals surface area contributed by atoms with E-state index in [1.165, 1.54) is 0 Å². The highest BCUT2D eigenvalue weighted by Gasteiger charge is 2.14. The third-order valence-electron chi connectivity index (χ3n) is 2.17. The predicted molar refractivity (Wildman–Crippen MR) is 53.4 cm³/mol. The van der Waals surface area contributed by atoms with E-state index in [2.05, 4.69) is 24.8 Å². The summed E-state index contributed by atoms with van der Waals surface area (Å²) < 4.78 is 5.08. The molecule has 0 spiro atoms. The van der Waals surface area contributed by atoms with Crippen molar-refractivity contribution in [3.8, 4) is 6.07 Å². The van der Waals surface area contributed by atoms with Crippen LogP contribution in [-0.2, 0) is 4.74 Å². The molecule has 0 radical (unpaired) electrons. The second-order valence-corrected chi connectivity index (χ2v) is 3.42. The third kappa shape index (κ3) is 4.87. The molecule has 0 aliphatic rings. The number of nitriles is 1. The van der Waals surface area contributed by atoms with Crippen LogP contribution in [0.4, 0.5) is 0 Å². The summed E-state index contributed by atoms with van der Waals surface area (Å²) in [7, 11) is 1.71. The minimum atomic E-state index is 0.0965. The van der Waals surface area contributed by atoms with E-state index in [1.807, 2.05) is 6.92 Å². The molecule has 0 aliphatic heterocycles. The van der Waals surface area contributed by atoms with Gasteiger partial charge in [-0.3, -0.25) is 4.90 Å². The third-order valence-corrected chi connectivity index (χ3v) is 2.17. The zero-order valence-corrected chi connectivity index (χ0v) is 9.08. The van der Waals surface area contributed by atoms with Crippen molar-refractivity contribution in [3.05, 3.63) is 0 Å². The molecule has 0 saturated heterocycles. The normalized spacial score (nSPS) is 15.4. The predicted octanol–water partition coefficient (Wildman–Crippen LogP) is 1.50. The lowest BCUT2D eigenvalue weighted by Gasteiger charge is -2.27. The lowest BCUT2D eigenvalue weighted by Crippen LogP contribution is -2.38. The summed E-state index contributed by atoms with van der Waals surface area (Å²) in [6.45, 7) is 8.70. The van der Waals surface area contributed by atoms with Gasteiger partial charge in [0, 0.05) is 19.7 Å². The highest BCUT2D eigenvalue weighted by Crippen LogP contribution is 2.04. The first-order chi connectivity index (χ1) is 6.15. The molecule has 0 amide bonds. The molecular formula is C10H20N2O. The Morgan fingerprint density at radius 2 is 2.08 bits per heavy atom. The van der Waals surface area contributed by atoms with Crippen LogP contribution < -0.4 is 0 Å². The first-order valence-electron chi connectivity index (χ1n) is 4.78. The first kappa shape index (κ1) is 12.4. The summed E-state index contributed by atoms with van der Waals surface area (Å²) in [5.74, 6) is 0.0965. The standard InChI is InChI=1S/C10H20N2O/c1-5-12(7-9(2)6-11)10(3)8-13-4/h9-10H,5,7-8H2,1-4H3. The van der Waals surface area contributed by atoms with E-state index in [1.54, 1.807) is 7.11 Å². The monoisotopic (exact) mass is 184 g/mol. The van der Waals surface area contributed by atoms with Gasteiger partial charge in [0.2, 0.25) is 0 Å². The second-order valence-electron chi connectivity index (χ2n) is 3.42. The van der Waals surface area contributed by atoms with Gasteiger partial charge in [-0.15, -0.1) is 0 Å². The van der Waals surface area contributed by atoms with Gasteiger partial charge in [-0.25, -0.2) is 0 Å². The average molecular weight is 184 g/mol. The minimum absolute atomic E-state index is 0.0965. The van der Waals surface area contributed by atoms with Gasteiger partial charge in [0.15, 0.2) is 0 Å². The van der Waals surface area contributed by atoms with E-state index in [0.717, 1.165) is 19.7 Å². The van der Waals surface area contributed by atoms with Gasteiger partial charge in [-0.05, 0) is 20.4 Å². The van der Waals surface area contributed by atoms with Crippen molar-refractivity contribution in [1.29, 1.82) is 5.26 Å². The summed E-state index contributed by atoms with van der Waals surface area (Å²) in [4.78, 5) is 2.26. The van der Waals surface area contributed by atoms with Crippen LogP contribution in [-0.4, -0.2) is 37.7 Å². The molecule has 0 saturated carbocycles. The van der Waals surface area contributed by atoms with Crippen LogP contribution >= 0.6 is 0 Å². The summed E-state index contributed by atoms with van der Waals surface area (Å²) in [5.41, 5.74) is 0. The van der Waals surface area contributed by atoms with Crippen molar-refractivity contribution in [3.63, 3.8) is 0 Å². The van der Waals surface area contributed by atoms with E-state index in [4.69, 9.17) is 10.00 Å². The maximum atomic E-state index is 8.68. The van der Waals surface area contributed by atoms with Crippen LogP contribution in [0.1, 0.15) is 20.8 Å². The average Bonchev–Trinajstić information content (AvgIpc) is 2.14. The molecule has 0 bridgehead atoms. The molecule has 0 heterocycles. The van der Waals surface area contributed by atoms with Gasteiger partial charge in [-0.1, -0.05) is 6.92 Å². The Morgan fingerprint density at radius 1 is 1.46 bits per heavy atom. The quantitative estimate of drug-likeness (QED) is 0.627. The van der Waals surface area contributed by atoms with Crippen LogP contribution in [0.25, 0.3) is 0 Å². The Kier molecular flexibility index (Phi) is 6.56. The molecule has 2 atom stereocenters. The zero-order valence-electron chi connectivity index (χ0n) is 9.08. The largest absolute Gasteiger partial charge is 0.383 e. The number of hydrogen-bond donors (Lipinski definition) is 0. The van der Waals surface area contributed by atoms with Gasteiger partial charge < -0.3 is 4.74 Å². The van der Waals surface area contributed by atoms with E-state index < -0.39 is 0 Å². The van der Waals surface area contributed by atoms with Gasteiger partial charge in [0.1, 0.15) is 0 Å². The fraction of sp³-hybridized carbons (Fsp3) is 0.900. The Balaban J connectivity index is 3.95. The number of hydrogen-bond acceptors (Lipinski definition) is 3. The van der Waals surface area contributed by atoms with E-state index in [0.29, 0.717) is 6.04 Å². The summed E-state index contributed by atoms with van der Waals surface area (Å²) in [5, 5.41) is 8.68. The SMILES string of the molecule is CCN(CC(C)C#N)C(C)COC. The maximum absolute atomic E-state index is 8.68. The number of nitrogens with zero attached hydrogens (tertiary/aromatic N) is 2. The minimum Gasteiger partial charge on any atom is -0.383 e. The Morgan fingerprint density at radius 3 is 2.46 bits per heavy atom. The molecule has 0 fully saturated rings. The maximum Gasteiger partial charge on any atom is 0.0666 e. The number of ether oxygens (including phenoxy) is 1. The number of methoxy groups -OCH3 is 1. The smallest absolute Gasteiger partial charge is 0.0666 e. The molecule has 0 rings (SSSR count). The molecule has 3 heteroatoms. The lowest BCUT2D eigenvalue weighted by atomic mass is 10.1. The highest BCUT2D eigenvalue weighted by molar-refractivity contribution is 4.82. The van der Waals surface area contributed by atoms with Crippen molar-refractivity contribution in [1.82, 2.24) is 4.90 Å². The Bertz CT molecular complexity index is 165. The van der Waals surface area contributed by atoms with Crippen molar-refractivity contribution < 1.29 is 4.74 Å². The first-order valence-corrected chi connectivity index (χ1v) is 4.78. The molecule has 0 aromatic carbocycles. The van der Waals surface area contributed by atoms with Crippen LogP contribution in [0.5, 0.6) is 0 Å². The molecular weight excluding hydrogens is 164 g/mol. The van der Waals surface area contributed by atoms with E-state index in [9.17, 15) is 0 Å². The summed E-state index contributed by atoms with van der Waals surface area (Å²) in [6, 6.07) is 2.64. The summed E-state index contributed by atoms with van der Waals surface area (Å²) in [6.07, 6.45) is 0. The highest BCUT2D eigenvalue weighted by atomic mass is 16.5. The Hall–Kier alpha value is -0.590. The van der Waals surface area contributed by atoms with Crippen LogP contribution in [0.15, 0.2) is 0 Å². The fourth-order valence-electron chi connectivity index (χ4n) is 1.36. The van der Waals surface area contributed by atoms with Crippen LogP contribution in [0.2, 0.25) is 0 Å². The van der Waals surface area contributed by atoms with Crippen molar-refractivity contribution in [2.45, 2.75) is 26.8 Å². The molecule has 0 aromatic rings. The van der Waals surface area contributed by atoms with Crippen molar-refractivity contribution in [2.24, 2.45) is 5.92 Å². The molecule has 3 nitrogen and oxygen atoms in total. The molecule has 2 unspecified atom stereocenters. The van der Waals surface area contributed by atoms with Crippen LogP contribution in [0, 0.1) is 17.2 Å². The molecule has 0 aromatic heterocycles. The molecule has 0 N–H and O–H groups in total.